The average molecular weight is 285 g/mol. The summed E-state index contributed by atoms with van der Waals surface area (Å²) in [5.41, 5.74) is -0.802. The summed E-state index contributed by atoms with van der Waals surface area (Å²) in [6.45, 7) is 1.55. The second-order valence-electron chi connectivity index (χ2n) is 3.82. The smallest absolute Gasteiger partial charge is 0.326 e. The Morgan fingerprint density at radius 2 is 2.15 bits per heavy atom. The zero-order chi connectivity index (χ0) is 15.3. The van der Waals surface area contributed by atoms with Crippen molar-refractivity contribution in [3.8, 4) is 0 Å². The molecule has 0 saturated carbocycles. The third-order valence-electron chi connectivity index (χ3n) is 2.42. The van der Waals surface area contributed by atoms with Crippen LogP contribution in [0.3, 0.4) is 0 Å². The molecular weight excluding hydrogens is 273 g/mol. The predicted molar refractivity (Wildman–Crippen MR) is 66.9 cm³/mol. The van der Waals surface area contributed by atoms with E-state index in [1.54, 1.807) is 6.92 Å². The van der Waals surface area contributed by atoms with Crippen molar-refractivity contribution in [1.29, 1.82) is 0 Å². The maximum atomic E-state index is 13.4. The van der Waals surface area contributed by atoms with E-state index in [2.05, 4.69) is 5.32 Å². The SMILES string of the molecule is CCC(NC(=O)Nc1cc([N+](=O)[O-])ccc1F)C(=O)O. The summed E-state index contributed by atoms with van der Waals surface area (Å²) in [5.74, 6) is -2.10. The van der Waals surface area contributed by atoms with E-state index in [9.17, 15) is 24.1 Å². The van der Waals surface area contributed by atoms with Gasteiger partial charge in [-0.25, -0.2) is 14.0 Å². The lowest BCUT2D eigenvalue weighted by Gasteiger charge is -2.13. The third kappa shape index (κ3) is 3.90. The van der Waals surface area contributed by atoms with Crippen molar-refractivity contribution in [2.24, 2.45) is 0 Å². The van der Waals surface area contributed by atoms with E-state index in [0.29, 0.717) is 0 Å². The van der Waals surface area contributed by atoms with Crippen molar-refractivity contribution < 1.29 is 24.0 Å². The number of nitro benzene ring substituents is 1. The first-order chi connectivity index (χ1) is 9.35. The van der Waals surface area contributed by atoms with Crippen LogP contribution < -0.4 is 10.6 Å². The lowest BCUT2D eigenvalue weighted by molar-refractivity contribution is -0.384. The molecule has 0 spiro atoms. The first-order valence-electron chi connectivity index (χ1n) is 5.59. The summed E-state index contributed by atoms with van der Waals surface area (Å²) in [6, 6.07) is 0.541. The molecule has 0 aromatic heterocycles. The van der Waals surface area contributed by atoms with Gasteiger partial charge in [-0.1, -0.05) is 6.92 Å². The summed E-state index contributed by atoms with van der Waals surface area (Å²) in [6.07, 6.45) is 0.139. The van der Waals surface area contributed by atoms with Crippen molar-refractivity contribution >= 4 is 23.4 Å². The minimum Gasteiger partial charge on any atom is -0.480 e. The number of carbonyl (C=O) groups is 2. The van der Waals surface area contributed by atoms with Gasteiger partial charge in [0, 0.05) is 12.1 Å². The van der Waals surface area contributed by atoms with Crippen molar-refractivity contribution in [2.45, 2.75) is 19.4 Å². The number of carbonyl (C=O) groups excluding carboxylic acids is 1. The Hall–Kier alpha value is -2.71. The molecule has 1 aromatic rings. The number of carboxylic acids is 1. The molecule has 9 heteroatoms. The minimum absolute atomic E-state index is 0.139. The highest BCUT2D eigenvalue weighted by Gasteiger charge is 2.19. The molecular formula is C11H12FN3O5. The number of nitro groups is 1. The standard InChI is InChI=1S/C11H12FN3O5/c1-2-8(10(16)17)13-11(18)14-9-5-6(15(19)20)3-4-7(9)12/h3-5,8H,2H2,1H3,(H,16,17)(H2,13,14,18). The number of non-ortho nitro benzene ring substituents is 1. The molecule has 0 aliphatic carbocycles. The Kier molecular flexibility index (Phi) is 4.95. The molecule has 20 heavy (non-hydrogen) atoms. The molecule has 0 bridgehead atoms. The molecule has 0 aliphatic rings. The normalized spacial score (nSPS) is 11.5. The minimum atomic E-state index is -1.23. The third-order valence-corrected chi connectivity index (χ3v) is 2.42. The molecule has 8 nitrogen and oxygen atoms in total. The van der Waals surface area contributed by atoms with Crippen LogP contribution in [0.4, 0.5) is 20.6 Å². The summed E-state index contributed by atoms with van der Waals surface area (Å²) in [7, 11) is 0. The number of anilines is 1. The van der Waals surface area contributed by atoms with Crippen LogP contribution in [-0.4, -0.2) is 28.1 Å². The second kappa shape index (κ2) is 6.45. The van der Waals surface area contributed by atoms with E-state index >= 15 is 0 Å². The first-order valence-corrected chi connectivity index (χ1v) is 5.59. The molecule has 0 saturated heterocycles. The molecule has 3 N–H and O–H groups in total. The van der Waals surface area contributed by atoms with Crippen molar-refractivity contribution in [3.63, 3.8) is 0 Å². The predicted octanol–water partition coefficient (Wildman–Crippen LogP) is 1.72. The zero-order valence-electron chi connectivity index (χ0n) is 10.4. The van der Waals surface area contributed by atoms with Crippen molar-refractivity contribution in [2.75, 3.05) is 5.32 Å². The summed E-state index contributed by atoms with van der Waals surface area (Å²) >= 11 is 0. The maximum Gasteiger partial charge on any atom is 0.326 e. The van der Waals surface area contributed by atoms with Crippen molar-refractivity contribution in [3.05, 3.63) is 34.1 Å². The van der Waals surface area contributed by atoms with Gasteiger partial charge in [0.1, 0.15) is 11.9 Å². The van der Waals surface area contributed by atoms with Crippen LogP contribution in [0.1, 0.15) is 13.3 Å². The van der Waals surface area contributed by atoms with Gasteiger partial charge in [0.25, 0.3) is 5.69 Å². The summed E-state index contributed by atoms with van der Waals surface area (Å²) in [5, 5.41) is 23.4. The van der Waals surface area contributed by atoms with Crippen LogP contribution >= 0.6 is 0 Å². The van der Waals surface area contributed by atoms with Gasteiger partial charge in [-0.2, -0.15) is 0 Å². The number of nitrogens with zero attached hydrogens (tertiary/aromatic N) is 1. The van der Waals surface area contributed by atoms with E-state index in [1.165, 1.54) is 0 Å². The number of rotatable bonds is 5. The molecule has 1 rings (SSSR count). The van der Waals surface area contributed by atoms with Crippen LogP contribution in [0.15, 0.2) is 18.2 Å². The van der Waals surface area contributed by atoms with Crippen LogP contribution in [0, 0.1) is 15.9 Å². The lowest BCUT2D eigenvalue weighted by Crippen LogP contribution is -2.42. The fourth-order valence-corrected chi connectivity index (χ4v) is 1.38. The number of amides is 2. The molecule has 2 amide bonds. The van der Waals surface area contributed by atoms with E-state index in [4.69, 9.17) is 5.11 Å². The van der Waals surface area contributed by atoms with E-state index in [1.807, 2.05) is 5.32 Å². The Balaban J connectivity index is 2.82. The number of aliphatic carboxylic acids is 1. The Labute approximate surface area is 112 Å². The number of hydrogen-bond acceptors (Lipinski definition) is 4. The number of benzene rings is 1. The summed E-state index contributed by atoms with van der Waals surface area (Å²) < 4.78 is 13.4. The molecule has 0 heterocycles. The quantitative estimate of drug-likeness (QED) is 0.561. The highest BCUT2D eigenvalue weighted by atomic mass is 19.1. The largest absolute Gasteiger partial charge is 0.480 e. The highest BCUT2D eigenvalue weighted by Crippen LogP contribution is 2.21. The second-order valence-corrected chi connectivity index (χ2v) is 3.82. The van der Waals surface area contributed by atoms with Gasteiger partial charge in [-0.15, -0.1) is 0 Å². The summed E-state index contributed by atoms with van der Waals surface area (Å²) in [4.78, 5) is 32.0. The number of nitrogens with one attached hydrogen (secondary N) is 2. The number of urea groups is 1. The van der Waals surface area contributed by atoms with E-state index < -0.39 is 40.2 Å². The van der Waals surface area contributed by atoms with Gasteiger partial charge in [0.2, 0.25) is 0 Å². The number of carboxylic acid groups (broad SMARTS) is 1. The van der Waals surface area contributed by atoms with Gasteiger partial charge in [-0.3, -0.25) is 10.1 Å². The number of hydrogen-bond donors (Lipinski definition) is 3. The van der Waals surface area contributed by atoms with Gasteiger partial charge in [0.05, 0.1) is 10.6 Å². The van der Waals surface area contributed by atoms with Crippen LogP contribution in [0.25, 0.3) is 0 Å². The lowest BCUT2D eigenvalue weighted by atomic mass is 10.2. The molecule has 0 aliphatic heterocycles. The zero-order valence-corrected chi connectivity index (χ0v) is 10.4. The fourth-order valence-electron chi connectivity index (χ4n) is 1.38. The Morgan fingerprint density at radius 3 is 2.65 bits per heavy atom. The van der Waals surface area contributed by atoms with Crippen LogP contribution in [0.2, 0.25) is 0 Å². The maximum absolute atomic E-state index is 13.4. The molecule has 0 radical (unpaired) electrons. The van der Waals surface area contributed by atoms with Crippen LogP contribution in [-0.2, 0) is 4.79 Å². The molecule has 1 aromatic carbocycles. The van der Waals surface area contributed by atoms with Gasteiger partial charge < -0.3 is 15.7 Å². The van der Waals surface area contributed by atoms with Gasteiger partial charge in [-0.05, 0) is 12.5 Å². The van der Waals surface area contributed by atoms with Crippen molar-refractivity contribution in [1.82, 2.24) is 5.32 Å². The van der Waals surface area contributed by atoms with Gasteiger partial charge >= 0.3 is 12.0 Å². The molecule has 1 unspecified atom stereocenters. The number of halogens is 1. The molecule has 1 atom stereocenters. The monoisotopic (exact) mass is 285 g/mol. The molecule has 0 fully saturated rings. The Morgan fingerprint density at radius 1 is 1.50 bits per heavy atom. The van der Waals surface area contributed by atoms with E-state index in [-0.39, 0.29) is 6.42 Å². The van der Waals surface area contributed by atoms with E-state index in [0.717, 1.165) is 18.2 Å². The first kappa shape index (κ1) is 15.3. The van der Waals surface area contributed by atoms with Crippen LogP contribution in [0.5, 0.6) is 0 Å². The van der Waals surface area contributed by atoms with Gasteiger partial charge in [0.15, 0.2) is 0 Å². The highest BCUT2D eigenvalue weighted by molar-refractivity contribution is 5.92. The molecule has 108 valence electrons. The topological polar surface area (TPSA) is 122 Å². The average Bonchev–Trinajstić information content (AvgIpc) is 2.37. The Bertz CT molecular complexity index is 549. The fraction of sp³-hybridized carbons (Fsp3) is 0.273.